The van der Waals surface area contributed by atoms with E-state index in [1.807, 2.05) is 17.9 Å². The fourth-order valence-electron chi connectivity index (χ4n) is 3.13. The summed E-state index contributed by atoms with van der Waals surface area (Å²) < 4.78 is 1.74. The molecule has 3 aromatic rings. The van der Waals surface area contributed by atoms with E-state index in [2.05, 4.69) is 20.0 Å². The van der Waals surface area contributed by atoms with Crippen molar-refractivity contribution in [3.8, 4) is 0 Å². The Labute approximate surface area is 144 Å². The maximum absolute atomic E-state index is 12.6. The van der Waals surface area contributed by atoms with Gasteiger partial charge in [0.15, 0.2) is 0 Å². The molecule has 1 saturated heterocycles. The Morgan fingerprint density at radius 3 is 2.72 bits per heavy atom. The number of rotatable bonds is 2. The van der Waals surface area contributed by atoms with Gasteiger partial charge in [0.2, 0.25) is 0 Å². The number of fused-ring (bicyclic) bond motifs is 1. The number of nitrogens with zero attached hydrogens (tertiary/aromatic N) is 6. The first-order valence-electron chi connectivity index (χ1n) is 8.19. The highest BCUT2D eigenvalue weighted by Crippen LogP contribution is 2.19. The number of carbonyl (C=O) groups excluding carboxylic acids is 1. The van der Waals surface area contributed by atoms with Crippen LogP contribution in [0.1, 0.15) is 16.1 Å². The zero-order valence-electron chi connectivity index (χ0n) is 14.0. The lowest BCUT2D eigenvalue weighted by molar-refractivity contribution is 0.0746. The third kappa shape index (κ3) is 2.86. The quantitative estimate of drug-likeness (QED) is 0.701. The van der Waals surface area contributed by atoms with Gasteiger partial charge in [0, 0.05) is 49.2 Å². The van der Waals surface area contributed by atoms with Gasteiger partial charge < -0.3 is 15.5 Å². The number of nitrogen functional groups attached to an aromatic ring is 1. The first kappa shape index (κ1) is 15.4. The molecule has 1 aromatic carbocycles. The Morgan fingerprint density at radius 2 is 1.96 bits per heavy atom. The van der Waals surface area contributed by atoms with E-state index in [1.54, 1.807) is 28.8 Å². The van der Waals surface area contributed by atoms with E-state index >= 15 is 0 Å². The van der Waals surface area contributed by atoms with Crippen LogP contribution in [0.3, 0.4) is 0 Å². The second kappa shape index (κ2) is 6.04. The number of hydrogen-bond acceptors (Lipinski definition) is 6. The summed E-state index contributed by atoms with van der Waals surface area (Å²) in [5.74, 6) is 1.56. The van der Waals surface area contributed by atoms with Gasteiger partial charge >= 0.3 is 0 Å². The molecular weight excluding hydrogens is 318 g/mol. The molecular formula is C17H19N7O. The number of amides is 1. The van der Waals surface area contributed by atoms with Crippen LogP contribution >= 0.6 is 0 Å². The fourth-order valence-corrected chi connectivity index (χ4v) is 3.13. The first-order chi connectivity index (χ1) is 12.1. The molecule has 1 fully saturated rings. The maximum atomic E-state index is 12.6. The van der Waals surface area contributed by atoms with Gasteiger partial charge in [-0.15, -0.1) is 0 Å². The van der Waals surface area contributed by atoms with Gasteiger partial charge in [-0.25, -0.2) is 4.98 Å². The lowest BCUT2D eigenvalue weighted by atomic mass is 10.1. The van der Waals surface area contributed by atoms with Crippen LogP contribution in [0.4, 0.5) is 11.5 Å². The monoisotopic (exact) mass is 337 g/mol. The molecule has 3 heterocycles. The van der Waals surface area contributed by atoms with Gasteiger partial charge in [-0.05, 0) is 25.1 Å². The number of hydrogen-bond donors (Lipinski definition) is 1. The normalized spacial score (nSPS) is 14.9. The predicted molar refractivity (Wildman–Crippen MR) is 94.5 cm³/mol. The van der Waals surface area contributed by atoms with Crippen LogP contribution in [0.25, 0.3) is 5.78 Å². The van der Waals surface area contributed by atoms with Crippen molar-refractivity contribution in [3.63, 3.8) is 0 Å². The molecule has 2 N–H and O–H groups in total. The Bertz CT molecular complexity index is 928. The van der Waals surface area contributed by atoms with Gasteiger partial charge in [-0.3, -0.25) is 4.79 Å². The Balaban J connectivity index is 1.51. The molecule has 1 aliphatic rings. The van der Waals surface area contributed by atoms with Crippen molar-refractivity contribution >= 4 is 23.2 Å². The maximum Gasteiger partial charge on any atom is 0.254 e. The molecule has 0 spiro atoms. The van der Waals surface area contributed by atoms with Gasteiger partial charge in [0.25, 0.3) is 11.7 Å². The van der Waals surface area contributed by atoms with Crippen molar-refractivity contribution in [3.05, 3.63) is 47.9 Å². The van der Waals surface area contributed by atoms with E-state index in [9.17, 15) is 4.79 Å². The third-order valence-electron chi connectivity index (χ3n) is 4.39. The number of benzene rings is 1. The number of anilines is 2. The van der Waals surface area contributed by atoms with Crippen LogP contribution in [0.15, 0.2) is 36.7 Å². The summed E-state index contributed by atoms with van der Waals surface area (Å²) in [6.07, 6.45) is 1.50. The fraction of sp³-hybridized carbons (Fsp3) is 0.294. The Kier molecular flexibility index (Phi) is 3.72. The van der Waals surface area contributed by atoms with Gasteiger partial charge in [0.1, 0.15) is 12.1 Å². The molecule has 128 valence electrons. The number of aryl methyl sites for hydroxylation is 1. The first-order valence-corrected chi connectivity index (χ1v) is 8.19. The van der Waals surface area contributed by atoms with Gasteiger partial charge in [-0.1, -0.05) is 6.07 Å². The molecule has 1 aliphatic heterocycles. The highest BCUT2D eigenvalue weighted by molar-refractivity contribution is 5.95. The molecule has 25 heavy (non-hydrogen) atoms. The Morgan fingerprint density at radius 1 is 1.16 bits per heavy atom. The molecule has 0 aliphatic carbocycles. The Hall–Kier alpha value is -3.16. The zero-order chi connectivity index (χ0) is 17.4. The smallest absolute Gasteiger partial charge is 0.254 e. The standard InChI is InChI=1S/C17H19N7O/c1-12-9-15(24-17(21-12)19-11-20-24)22-5-7-23(8-6-22)16(25)13-3-2-4-14(18)10-13/h2-4,9-11H,5-8,18H2,1H3. The van der Waals surface area contributed by atoms with Crippen LogP contribution in [0.2, 0.25) is 0 Å². The van der Waals surface area contributed by atoms with Crippen LogP contribution in [-0.2, 0) is 0 Å². The van der Waals surface area contributed by atoms with Gasteiger partial charge in [-0.2, -0.15) is 14.6 Å². The van der Waals surface area contributed by atoms with Crippen LogP contribution < -0.4 is 10.6 Å². The zero-order valence-corrected chi connectivity index (χ0v) is 14.0. The molecule has 1 amide bonds. The molecule has 0 atom stereocenters. The van der Waals surface area contributed by atoms with E-state index in [0.717, 1.165) is 24.6 Å². The van der Waals surface area contributed by atoms with E-state index in [1.165, 1.54) is 6.33 Å². The topological polar surface area (TPSA) is 92.7 Å². The third-order valence-corrected chi connectivity index (χ3v) is 4.39. The molecule has 2 aromatic heterocycles. The van der Waals surface area contributed by atoms with E-state index in [4.69, 9.17) is 5.73 Å². The van der Waals surface area contributed by atoms with Crippen molar-refractivity contribution in [2.75, 3.05) is 36.8 Å². The van der Waals surface area contributed by atoms with Crippen LogP contribution in [0, 0.1) is 6.92 Å². The molecule has 8 nitrogen and oxygen atoms in total. The minimum Gasteiger partial charge on any atom is -0.399 e. The minimum atomic E-state index is 0.0174. The highest BCUT2D eigenvalue weighted by atomic mass is 16.2. The molecule has 0 bridgehead atoms. The van der Waals surface area contributed by atoms with Crippen molar-refractivity contribution in [2.45, 2.75) is 6.92 Å². The molecule has 4 rings (SSSR count). The summed E-state index contributed by atoms with van der Waals surface area (Å²) in [5.41, 5.74) is 7.91. The number of aromatic nitrogens is 4. The van der Waals surface area contributed by atoms with Crippen molar-refractivity contribution in [1.82, 2.24) is 24.5 Å². The summed E-state index contributed by atoms with van der Waals surface area (Å²) >= 11 is 0. The van der Waals surface area contributed by atoms with E-state index < -0.39 is 0 Å². The average molecular weight is 337 g/mol. The van der Waals surface area contributed by atoms with Crippen LogP contribution in [0.5, 0.6) is 0 Å². The largest absolute Gasteiger partial charge is 0.399 e. The summed E-state index contributed by atoms with van der Waals surface area (Å²) in [7, 11) is 0. The lowest BCUT2D eigenvalue weighted by Crippen LogP contribution is -2.49. The minimum absolute atomic E-state index is 0.0174. The summed E-state index contributed by atoms with van der Waals surface area (Å²) in [5, 5.41) is 4.25. The number of nitrogens with two attached hydrogens (primary N) is 1. The average Bonchev–Trinajstić information content (AvgIpc) is 3.09. The van der Waals surface area contributed by atoms with E-state index in [0.29, 0.717) is 30.1 Å². The summed E-state index contributed by atoms with van der Waals surface area (Å²) in [6.45, 7) is 4.69. The molecule has 0 saturated carbocycles. The molecule has 8 heteroatoms. The van der Waals surface area contributed by atoms with Crippen LogP contribution in [-0.4, -0.2) is 56.6 Å². The SMILES string of the molecule is Cc1cc(N2CCN(C(=O)c3cccc(N)c3)CC2)n2ncnc2n1. The highest BCUT2D eigenvalue weighted by Gasteiger charge is 2.24. The van der Waals surface area contributed by atoms with Crippen molar-refractivity contribution < 1.29 is 4.79 Å². The number of carbonyl (C=O) groups is 1. The van der Waals surface area contributed by atoms with Crippen molar-refractivity contribution in [2.24, 2.45) is 0 Å². The second-order valence-electron chi connectivity index (χ2n) is 6.13. The number of piperazine rings is 1. The predicted octanol–water partition coefficient (Wildman–Crippen LogP) is 0.977. The summed E-state index contributed by atoms with van der Waals surface area (Å²) in [4.78, 5) is 25.2. The summed E-state index contributed by atoms with van der Waals surface area (Å²) in [6, 6.07) is 9.11. The van der Waals surface area contributed by atoms with Crippen molar-refractivity contribution in [1.29, 1.82) is 0 Å². The molecule has 0 unspecified atom stereocenters. The second-order valence-corrected chi connectivity index (χ2v) is 6.13. The van der Waals surface area contributed by atoms with Gasteiger partial charge in [0.05, 0.1) is 0 Å². The lowest BCUT2D eigenvalue weighted by Gasteiger charge is -2.36. The van der Waals surface area contributed by atoms with E-state index in [-0.39, 0.29) is 5.91 Å². The molecule has 0 radical (unpaired) electrons.